The van der Waals surface area contributed by atoms with Gasteiger partial charge in [-0.15, -0.1) is 10.8 Å². The van der Waals surface area contributed by atoms with Crippen molar-refractivity contribution in [2.45, 2.75) is 123 Å². The summed E-state index contributed by atoms with van der Waals surface area (Å²) < 4.78 is 14.2. The van der Waals surface area contributed by atoms with Gasteiger partial charge in [-0.3, -0.25) is 0 Å². The van der Waals surface area contributed by atoms with Gasteiger partial charge < -0.3 is 14.9 Å². The van der Waals surface area contributed by atoms with Crippen LogP contribution in [0.4, 0.5) is 0 Å². The normalized spacial score (nSPS) is 12.1. The SMILES string of the molecule is CCC(C)[O-].CCCCCCCCCCCCCCCCOOP(=O)(O)O.[Na+]. The zero-order chi connectivity index (χ0) is 20.8. The molecular formula is C20H44NaO6P. The van der Waals surface area contributed by atoms with Crippen molar-refractivity contribution in [1.29, 1.82) is 0 Å². The average molecular weight is 435 g/mol. The van der Waals surface area contributed by atoms with Crippen molar-refractivity contribution in [3.05, 3.63) is 0 Å². The average Bonchev–Trinajstić information content (AvgIpc) is 2.61. The summed E-state index contributed by atoms with van der Waals surface area (Å²) in [6.07, 6.45) is 18.2. The van der Waals surface area contributed by atoms with Gasteiger partial charge in [0.25, 0.3) is 0 Å². The van der Waals surface area contributed by atoms with Gasteiger partial charge in [0.2, 0.25) is 0 Å². The Bertz CT molecular complexity index is 326. The molecule has 0 fully saturated rings. The van der Waals surface area contributed by atoms with E-state index in [1.807, 2.05) is 6.92 Å². The fourth-order valence-electron chi connectivity index (χ4n) is 2.46. The predicted octanol–water partition coefficient (Wildman–Crippen LogP) is 2.66. The molecule has 0 rings (SSSR count). The molecule has 0 aromatic heterocycles. The van der Waals surface area contributed by atoms with Crippen molar-refractivity contribution in [3.63, 3.8) is 0 Å². The quantitative estimate of drug-likeness (QED) is 0.113. The molecule has 0 saturated heterocycles. The van der Waals surface area contributed by atoms with E-state index in [4.69, 9.17) is 9.79 Å². The summed E-state index contributed by atoms with van der Waals surface area (Å²) in [5.74, 6) is 0. The number of rotatable bonds is 18. The van der Waals surface area contributed by atoms with E-state index < -0.39 is 7.82 Å². The second kappa shape index (κ2) is 26.1. The summed E-state index contributed by atoms with van der Waals surface area (Å²) in [5.41, 5.74) is 0. The molecule has 0 amide bonds. The van der Waals surface area contributed by atoms with E-state index in [2.05, 4.69) is 16.5 Å². The Hall–Kier alpha value is 1.03. The maximum absolute atomic E-state index is 10.3. The summed E-state index contributed by atoms with van der Waals surface area (Å²) in [6, 6.07) is 0. The van der Waals surface area contributed by atoms with E-state index in [0.717, 1.165) is 25.7 Å². The van der Waals surface area contributed by atoms with E-state index in [1.165, 1.54) is 70.6 Å². The third-order valence-corrected chi connectivity index (χ3v) is 4.61. The Morgan fingerprint density at radius 3 is 1.39 bits per heavy atom. The van der Waals surface area contributed by atoms with Crippen LogP contribution in [0, 0.1) is 0 Å². The molecule has 0 saturated carbocycles. The molecule has 1 atom stereocenters. The summed E-state index contributed by atoms with van der Waals surface area (Å²) in [6.45, 7) is 6.05. The van der Waals surface area contributed by atoms with Crippen LogP contribution in [0.5, 0.6) is 0 Å². The number of hydrogen-bond acceptors (Lipinski definition) is 4. The van der Waals surface area contributed by atoms with Gasteiger partial charge in [0.1, 0.15) is 0 Å². The molecular weight excluding hydrogens is 390 g/mol. The first-order chi connectivity index (χ1) is 12.8. The molecule has 0 radical (unpaired) electrons. The van der Waals surface area contributed by atoms with E-state index in [0.29, 0.717) is 0 Å². The van der Waals surface area contributed by atoms with Crippen molar-refractivity contribution < 1.29 is 58.6 Å². The Morgan fingerprint density at radius 1 is 0.786 bits per heavy atom. The Morgan fingerprint density at radius 2 is 1.11 bits per heavy atom. The van der Waals surface area contributed by atoms with Gasteiger partial charge in [-0.2, -0.15) is 0 Å². The van der Waals surface area contributed by atoms with E-state index in [9.17, 15) is 9.67 Å². The van der Waals surface area contributed by atoms with Crippen molar-refractivity contribution in [3.8, 4) is 0 Å². The van der Waals surface area contributed by atoms with Crippen LogP contribution in [-0.2, 0) is 14.1 Å². The van der Waals surface area contributed by atoms with Crippen LogP contribution in [0.3, 0.4) is 0 Å². The Kier molecular flexibility index (Phi) is 31.3. The Labute approximate surface area is 195 Å². The maximum Gasteiger partial charge on any atom is 1.00 e. The molecule has 0 aromatic rings. The molecule has 6 nitrogen and oxygen atoms in total. The van der Waals surface area contributed by atoms with Crippen molar-refractivity contribution in [2.75, 3.05) is 6.61 Å². The molecule has 0 aromatic carbocycles. The third-order valence-electron chi connectivity index (χ3n) is 4.31. The van der Waals surface area contributed by atoms with Gasteiger partial charge in [-0.25, -0.2) is 9.45 Å². The number of phosphoric acid groups is 1. The minimum Gasteiger partial charge on any atom is -0.852 e. The largest absolute Gasteiger partial charge is 1.00 e. The molecule has 0 aliphatic carbocycles. The van der Waals surface area contributed by atoms with E-state index in [-0.39, 0.29) is 42.3 Å². The molecule has 0 bridgehead atoms. The van der Waals surface area contributed by atoms with E-state index in [1.54, 1.807) is 6.92 Å². The van der Waals surface area contributed by atoms with E-state index >= 15 is 0 Å². The predicted molar refractivity (Wildman–Crippen MR) is 109 cm³/mol. The topological polar surface area (TPSA) is 99.0 Å². The second-order valence-corrected chi connectivity index (χ2v) is 8.33. The zero-order valence-corrected chi connectivity index (χ0v) is 21.8. The number of unbranched alkanes of at least 4 members (excludes halogenated alkanes) is 13. The first kappa shape index (κ1) is 33.7. The fraction of sp³-hybridized carbons (Fsp3) is 1.00. The van der Waals surface area contributed by atoms with Gasteiger partial charge in [-0.05, 0) is 6.42 Å². The molecule has 0 aliphatic heterocycles. The molecule has 0 spiro atoms. The second-order valence-electron chi connectivity index (χ2n) is 7.20. The van der Waals surface area contributed by atoms with Crippen LogP contribution in [0.2, 0.25) is 0 Å². The fourth-order valence-corrected chi connectivity index (χ4v) is 2.67. The van der Waals surface area contributed by atoms with Crippen LogP contribution in [0.25, 0.3) is 0 Å². The molecule has 28 heavy (non-hydrogen) atoms. The maximum atomic E-state index is 10.3. The van der Waals surface area contributed by atoms with Crippen LogP contribution in [0.1, 0.15) is 117 Å². The molecule has 1 unspecified atom stereocenters. The standard InChI is InChI=1S/C16H35O5P.C4H9O.Na/c1-2-3-4-5-6-7-8-9-10-11-12-13-14-15-16-20-21-22(17,18)19;1-3-4(2)5;/h2-16H2,1H3,(H2,17,18,19);4H,3H2,1-2H3;/q;-1;+1. The van der Waals surface area contributed by atoms with Gasteiger partial charge >= 0.3 is 37.4 Å². The summed E-state index contributed by atoms with van der Waals surface area (Å²) in [4.78, 5) is 21.2. The van der Waals surface area contributed by atoms with Crippen LogP contribution in [-0.4, -0.2) is 22.5 Å². The molecule has 0 aliphatic rings. The Balaban J connectivity index is -0.000000918. The van der Waals surface area contributed by atoms with Crippen molar-refractivity contribution in [2.24, 2.45) is 0 Å². The van der Waals surface area contributed by atoms with Gasteiger partial charge in [0.05, 0.1) is 6.61 Å². The number of hydrogen-bond donors (Lipinski definition) is 2. The van der Waals surface area contributed by atoms with Gasteiger partial charge in [-0.1, -0.05) is 111 Å². The van der Waals surface area contributed by atoms with Crippen molar-refractivity contribution >= 4 is 7.82 Å². The van der Waals surface area contributed by atoms with Crippen LogP contribution >= 0.6 is 7.82 Å². The minimum absolute atomic E-state index is 0. The molecule has 2 N–H and O–H groups in total. The summed E-state index contributed by atoms with van der Waals surface area (Å²) >= 11 is 0. The van der Waals surface area contributed by atoms with Gasteiger partial charge in [0, 0.05) is 0 Å². The summed E-state index contributed by atoms with van der Waals surface area (Å²) in [7, 11) is -4.48. The van der Waals surface area contributed by atoms with Crippen LogP contribution < -0.4 is 34.7 Å². The molecule has 166 valence electrons. The minimum atomic E-state index is -4.48. The first-order valence-electron chi connectivity index (χ1n) is 10.9. The monoisotopic (exact) mass is 434 g/mol. The molecule has 0 heterocycles. The zero-order valence-electron chi connectivity index (χ0n) is 18.9. The van der Waals surface area contributed by atoms with Crippen LogP contribution in [0.15, 0.2) is 0 Å². The van der Waals surface area contributed by atoms with Crippen molar-refractivity contribution in [1.82, 2.24) is 0 Å². The third kappa shape index (κ3) is 37.7. The summed E-state index contributed by atoms with van der Waals surface area (Å²) in [5, 5.41) is 9.90. The van der Waals surface area contributed by atoms with Gasteiger partial charge in [0.15, 0.2) is 0 Å². The first-order valence-corrected chi connectivity index (χ1v) is 12.4. The molecule has 8 heteroatoms. The smallest absolute Gasteiger partial charge is 0.852 e.